The average molecular weight is 382 g/mol. The molecule has 130 valence electrons. The van der Waals surface area contributed by atoms with Crippen LogP contribution in [0.15, 0.2) is 47.6 Å². The molecule has 0 radical (unpaired) electrons. The summed E-state index contributed by atoms with van der Waals surface area (Å²) in [5.74, 6) is -1.43. The lowest BCUT2D eigenvalue weighted by atomic mass is 10.1. The minimum atomic E-state index is -0.505. The van der Waals surface area contributed by atoms with Crippen molar-refractivity contribution in [2.45, 2.75) is 6.92 Å². The van der Waals surface area contributed by atoms with Crippen LogP contribution in [0.5, 0.6) is 0 Å². The number of carbonyl (C=O) groups is 2. The SMILES string of the molecule is C/C(=N/NC(=O)CNC(=O)c1ccc(F)cc1)c1ccc(Cl)c(Cl)c1. The minimum Gasteiger partial charge on any atom is -0.343 e. The van der Waals surface area contributed by atoms with E-state index in [1.807, 2.05) is 0 Å². The zero-order valence-electron chi connectivity index (χ0n) is 13.1. The highest BCUT2D eigenvalue weighted by molar-refractivity contribution is 6.42. The largest absolute Gasteiger partial charge is 0.343 e. The molecule has 0 bridgehead atoms. The topological polar surface area (TPSA) is 70.6 Å². The number of amides is 2. The Morgan fingerprint density at radius 3 is 2.32 bits per heavy atom. The number of hydrazone groups is 1. The van der Waals surface area contributed by atoms with Crippen LogP contribution in [0, 0.1) is 5.82 Å². The molecule has 0 atom stereocenters. The van der Waals surface area contributed by atoms with E-state index < -0.39 is 17.6 Å². The summed E-state index contributed by atoms with van der Waals surface area (Å²) in [6.07, 6.45) is 0. The van der Waals surface area contributed by atoms with Crippen molar-refractivity contribution < 1.29 is 14.0 Å². The lowest BCUT2D eigenvalue weighted by molar-refractivity contribution is -0.120. The molecule has 2 aromatic rings. The van der Waals surface area contributed by atoms with Gasteiger partial charge in [-0.15, -0.1) is 0 Å². The Balaban J connectivity index is 1.88. The fourth-order valence-electron chi connectivity index (χ4n) is 1.84. The second-order valence-corrected chi connectivity index (χ2v) is 5.87. The summed E-state index contributed by atoms with van der Waals surface area (Å²) in [4.78, 5) is 23.6. The van der Waals surface area contributed by atoms with Gasteiger partial charge >= 0.3 is 0 Å². The normalized spacial score (nSPS) is 11.1. The summed E-state index contributed by atoms with van der Waals surface area (Å²) < 4.78 is 12.8. The molecule has 0 saturated heterocycles. The highest BCUT2D eigenvalue weighted by Crippen LogP contribution is 2.22. The van der Waals surface area contributed by atoms with E-state index in [1.54, 1.807) is 25.1 Å². The minimum absolute atomic E-state index is 0.254. The van der Waals surface area contributed by atoms with E-state index in [1.165, 1.54) is 24.3 Å². The van der Waals surface area contributed by atoms with Crippen LogP contribution in [0.2, 0.25) is 10.0 Å². The first kappa shape index (κ1) is 18.9. The van der Waals surface area contributed by atoms with Crippen LogP contribution >= 0.6 is 23.2 Å². The van der Waals surface area contributed by atoms with Crippen LogP contribution < -0.4 is 10.7 Å². The summed E-state index contributed by atoms with van der Waals surface area (Å²) in [5, 5.41) is 7.16. The first-order chi connectivity index (χ1) is 11.9. The van der Waals surface area contributed by atoms with Crippen molar-refractivity contribution in [3.05, 3.63) is 69.5 Å². The molecule has 0 fully saturated rings. The number of hydrogen-bond donors (Lipinski definition) is 2. The van der Waals surface area contributed by atoms with Gasteiger partial charge in [0, 0.05) is 5.56 Å². The Morgan fingerprint density at radius 2 is 1.68 bits per heavy atom. The molecule has 2 rings (SSSR count). The number of carbonyl (C=O) groups excluding carboxylic acids is 2. The summed E-state index contributed by atoms with van der Waals surface area (Å²) in [6, 6.07) is 9.97. The third kappa shape index (κ3) is 5.55. The smallest absolute Gasteiger partial charge is 0.259 e. The Bertz CT molecular complexity index is 823. The van der Waals surface area contributed by atoms with E-state index in [-0.39, 0.29) is 12.1 Å². The number of rotatable bonds is 5. The lowest BCUT2D eigenvalue weighted by Crippen LogP contribution is -2.35. The van der Waals surface area contributed by atoms with E-state index in [4.69, 9.17) is 23.2 Å². The van der Waals surface area contributed by atoms with Crippen molar-refractivity contribution in [3.63, 3.8) is 0 Å². The monoisotopic (exact) mass is 381 g/mol. The molecule has 2 amide bonds. The molecular weight excluding hydrogens is 368 g/mol. The highest BCUT2D eigenvalue weighted by Gasteiger charge is 2.08. The predicted molar refractivity (Wildman–Crippen MR) is 95.5 cm³/mol. The van der Waals surface area contributed by atoms with Gasteiger partial charge in [-0.3, -0.25) is 9.59 Å². The van der Waals surface area contributed by atoms with Crippen molar-refractivity contribution in [1.29, 1.82) is 0 Å². The van der Waals surface area contributed by atoms with E-state index in [0.29, 0.717) is 21.3 Å². The first-order valence-corrected chi connectivity index (χ1v) is 7.94. The standard InChI is InChI=1S/C17H14Cl2FN3O2/c1-10(12-4-7-14(18)15(19)8-12)22-23-16(24)9-21-17(25)11-2-5-13(20)6-3-11/h2-8H,9H2,1H3,(H,21,25)(H,23,24)/b22-10-. The van der Waals surface area contributed by atoms with Crippen molar-refractivity contribution in [3.8, 4) is 0 Å². The third-order valence-corrected chi connectivity index (χ3v) is 3.94. The molecule has 0 aromatic heterocycles. The van der Waals surface area contributed by atoms with E-state index in [2.05, 4.69) is 15.8 Å². The summed E-state index contributed by atoms with van der Waals surface area (Å²) in [7, 11) is 0. The fraction of sp³-hybridized carbons (Fsp3) is 0.118. The number of benzene rings is 2. The molecule has 0 aliphatic rings. The van der Waals surface area contributed by atoms with Crippen molar-refractivity contribution >= 4 is 40.7 Å². The molecule has 0 spiro atoms. The van der Waals surface area contributed by atoms with Gasteiger partial charge in [0.25, 0.3) is 11.8 Å². The summed E-state index contributed by atoms with van der Waals surface area (Å²) in [5.41, 5.74) is 3.81. The first-order valence-electron chi connectivity index (χ1n) is 7.19. The van der Waals surface area contributed by atoms with Crippen LogP contribution in [0.4, 0.5) is 4.39 Å². The predicted octanol–water partition coefficient (Wildman–Crippen LogP) is 3.40. The number of nitrogens with one attached hydrogen (secondary N) is 2. The van der Waals surface area contributed by atoms with Gasteiger partial charge < -0.3 is 5.32 Å². The van der Waals surface area contributed by atoms with Crippen LogP contribution in [0.1, 0.15) is 22.8 Å². The zero-order chi connectivity index (χ0) is 18.4. The Hall–Kier alpha value is -2.44. The van der Waals surface area contributed by atoms with Crippen molar-refractivity contribution in [1.82, 2.24) is 10.7 Å². The van der Waals surface area contributed by atoms with Gasteiger partial charge in [-0.05, 0) is 48.9 Å². The maximum Gasteiger partial charge on any atom is 0.259 e. The van der Waals surface area contributed by atoms with Gasteiger partial charge in [0.2, 0.25) is 0 Å². The molecule has 0 aliphatic heterocycles. The summed E-state index contributed by atoms with van der Waals surface area (Å²) in [6.45, 7) is 1.42. The molecule has 5 nitrogen and oxygen atoms in total. The van der Waals surface area contributed by atoms with Gasteiger partial charge in [-0.2, -0.15) is 5.10 Å². The number of nitrogens with zero attached hydrogens (tertiary/aromatic N) is 1. The molecule has 0 heterocycles. The van der Waals surface area contributed by atoms with Gasteiger partial charge in [0.05, 0.1) is 22.3 Å². The Kier molecular flexibility index (Phi) is 6.50. The Morgan fingerprint density at radius 1 is 1.04 bits per heavy atom. The number of hydrogen-bond acceptors (Lipinski definition) is 3. The maximum absolute atomic E-state index is 12.8. The number of halogens is 3. The van der Waals surface area contributed by atoms with Crippen LogP contribution in [0.3, 0.4) is 0 Å². The van der Waals surface area contributed by atoms with Gasteiger partial charge in [-0.25, -0.2) is 9.82 Å². The third-order valence-electron chi connectivity index (χ3n) is 3.20. The van der Waals surface area contributed by atoms with Gasteiger partial charge in [-0.1, -0.05) is 29.3 Å². The molecule has 0 unspecified atom stereocenters. The van der Waals surface area contributed by atoms with Gasteiger partial charge in [0.1, 0.15) is 5.82 Å². The zero-order valence-corrected chi connectivity index (χ0v) is 14.7. The summed E-state index contributed by atoms with van der Waals surface area (Å²) >= 11 is 11.8. The quantitative estimate of drug-likeness (QED) is 0.615. The van der Waals surface area contributed by atoms with Gasteiger partial charge in [0.15, 0.2) is 0 Å². The molecule has 0 saturated carbocycles. The van der Waals surface area contributed by atoms with Crippen molar-refractivity contribution in [2.24, 2.45) is 5.10 Å². The average Bonchev–Trinajstić information content (AvgIpc) is 2.60. The second-order valence-electron chi connectivity index (χ2n) is 5.05. The molecule has 25 heavy (non-hydrogen) atoms. The molecule has 2 aromatic carbocycles. The molecule has 8 heteroatoms. The van der Waals surface area contributed by atoms with E-state index in [9.17, 15) is 14.0 Å². The molecule has 0 aliphatic carbocycles. The Labute approximate surface area is 153 Å². The van der Waals surface area contributed by atoms with Crippen LogP contribution in [0.25, 0.3) is 0 Å². The molecular formula is C17H14Cl2FN3O2. The van der Waals surface area contributed by atoms with Crippen LogP contribution in [-0.2, 0) is 4.79 Å². The second kappa shape index (κ2) is 8.60. The van der Waals surface area contributed by atoms with E-state index >= 15 is 0 Å². The van der Waals surface area contributed by atoms with Crippen molar-refractivity contribution in [2.75, 3.05) is 6.54 Å². The fourth-order valence-corrected chi connectivity index (χ4v) is 2.13. The van der Waals surface area contributed by atoms with E-state index in [0.717, 1.165) is 0 Å². The highest BCUT2D eigenvalue weighted by atomic mass is 35.5. The molecule has 2 N–H and O–H groups in total. The van der Waals surface area contributed by atoms with Crippen LogP contribution in [-0.4, -0.2) is 24.1 Å². The lowest BCUT2D eigenvalue weighted by Gasteiger charge is -2.06. The maximum atomic E-state index is 12.8.